The Labute approximate surface area is 147 Å². The molecule has 1 fully saturated rings. The number of carbonyl (C=O) groups is 1. The fourth-order valence-electron chi connectivity index (χ4n) is 4.54. The summed E-state index contributed by atoms with van der Waals surface area (Å²) in [4.78, 5) is 12.9. The van der Waals surface area contributed by atoms with E-state index in [1.807, 2.05) is 25.1 Å². The van der Waals surface area contributed by atoms with E-state index in [4.69, 9.17) is 9.47 Å². The number of methoxy groups -OCH3 is 2. The van der Waals surface area contributed by atoms with Crippen molar-refractivity contribution in [2.24, 2.45) is 11.3 Å². The third kappa shape index (κ3) is 2.29. The van der Waals surface area contributed by atoms with E-state index < -0.39 is 0 Å². The monoisotopic (exact) mass is 340 g/mol. The molecule has 2 atom stereocenters. The van der Waals surface area contributed by atoms with Gasteiger partial charge < -0.3 is 9.47 Å². The summed E-state index contributed by atoms with van der Waals surface area (Å²) in [5.41, 5.74) is 4.70. The Bertz CT molecular complexity index is 866. The van der Waals surface area contributed by atoms with Crippen molar-refractivity contribution in [3.05, 3.63) is 40.7 Å². The molecule has 0 aliphatic heterocycles. The van der Waals surface area contributed by atoms with Gasteiger partial charge in [0.15, 0.2) is 11.5 Å². The number of fused-ring (bicyclic) bond motifs is 3. The number of hydrogen-bond donors (Lipinski definition) is 0. The van der Waals surface area contributed by atoms with Gasteiger partial charge in [-0.15, -0.1) is 0 Å². The molecule has 0 spiro atoms. The normalized spacial score (nSPS) is 22.3. The van der Waals surface area contributed by atoms with Gasteiger partial charge in [0.25, 0.3) is 5.91 Å². The van der Waals surface area contributed by atoms with Gasteiger partial charge in [0.1, 0.15) is 0 Å². The largest absolute Gasteiger partial charge is 0.493 e. The van der Waals surface area contributed by atoms with E-state index in [0.717, 1.165) is 23.4 Å². The van der Waals surface area contributed by atoms with Gasteiger partial charge in [-0.05, 0) is 48.3 Å². The molecule has 1 heterocycles. The number of aryl methyl sites for hydroxylation is 1. The smallest absolute Gasteiger partial charge is 0.251 e. The van der Waals surface area contributed by atoms with Crippen LogP contribution < -0.4 is 9.47 Å². The predicted molar refractivity (Wildman–Crippen MR) is 94.6 cm³/mol. The minimum absolute atomic E-state index is 0.00989. The highest BCUT2D eigenvalue weighted by Crippen LogP contribution is 2.70. The van der Waals surface area contributed by atoms with Crippen molar-refractivity contribution >= 4 is 5.91 Å². The van der Waals surface area contributed by atoms with Crippen LogP contribution in [0, 0.1) is 18.3 Å². The fraction of sp³-hybridized carbons (Fsp3) is 0.500. The van der Waals surface area contributed by atoms with Crippen LogP contribution in [0.15, 0.2) is 18.2 Å². The van der Waals surface area contributed by atoms with Crippen molar-refractivity contribution in [1.82, 2.24) is 9.78 Å². The van der Waals surface area contributed by atoms with Gasteiger partial charge in [0.05, 0.1) is 32.0 Å². The molecular weight excluding hydrogens is 316 g/mol. The quantitative estimate of drug-likeness (QED) is 0.856. The summed E-state index contributed by atoms with van der Waals surface area (Å²) >= 11 is 0. The summed E-state index contributed by atoms with van der Waals surface area (Å²) < 4.78 is 12.2. The molecule has 0 N–H and O–H groups in total. The predicted octanol–water partition coefficient (Wildman–Crippen LogP) is 3.39. The van der Waals surface area contributed by atoms with E-state index in [2.05, 4.69) is 18.9 Å². The van der Waals surface area contributed by atoms with Gasteiger partial charge in [0, 0.05) is 5.56 Å². The molecule has 25 heavy (non-hydrogen) atoms. The van der Waals surface area contributed by atoms with E-state index in [1.165, 1.54) is 5.56 Å². The van der Waals surface area contributed by atoms with Crippen LogP contribution >= 0.6 is 0 Å². The van der Waals surface area contributed by atoms with Crippen LogP contribution in [0.2, 0.25) is 0 Å². The molecule has 4 rings (SSSR count). The number of benzene rings is 1. The highest BCUT2D eigenvalue weighted by Gasteiger charge is 2.64. The number of rotatable bonds is 4. The molecule has 0 radical (unpaired) electrons. The Morgan fingerprint density at radius 1 is 1.28 bits per heavy atom. The highest BCUT2D eigenvalue weighted by molar-refractivity contribution is 5.82. The molecule has 5 heteroatoms. The summed E-state index contributed by atoms with van der Waals surface area (Å²) in [6, 6.07) is 5.59. The zero-order chi connectivity index (χ0) is 17.9. The molecule has 2 unspecified atom stereocenters. The Hall–Kier alpha value is -2.30. The van der Waals surface area contributed by atoms with E-state index in [1.54, 1.807) is 18.9 Å². The Morgan fingerprint density at radius 3 is 2.68 bits per heavy atom. The van der Waals surface area contributed by atoms with E-state index >= 15 is 0 Å². The fourth-order valence-corrected chi connectivity index (χ4v) is 4.54. The summed E-state index contributed by atoms with van der Waals surface area (Å²) in [7, 11) is 3.20. The molecule has 0 amide bonds. The van der Waals surface area contributed by atoms with Gasteiger partial charge in [-0.1, -0.05) is 19.9 Å². The zero-order valence-corrected chi connectivity index (χ0v) is 15.4. The van der Waals surface area contributed by atoms with Crippen molar-refractivity contribution in [2.75, 3.05) is 14.2 Å². The average molecular weight is 340 g/mol. The Kier molecular flexibility index (Phi) is 3.46. The summed E-state index contributed by atoms with van der Waals surface area (Å²) in [6.45, 7) is 6.65. The van der Waals surface area contributed by atoms with E-state index in [-0.39, 0.29) is 5.91 Å². The van der Waals surface area contributed by atoms with Crippen molar-refractivity contribution in [2.45, 2.75) is 39.5 Å². The maximum atomic E-state index is 12.9. The molecule has 2 aromatic rings. The zero-order valence-electron chi connectivity index (χ0n) is 15.4. The Morgan fingerprint density at radius 2 is 2.00 bits per heavy atom. The summed E-state index contributed by atoms with van der Waals surface area (Å²) in [5, 5.41) is 4.56. The molecule has 132 valence electrons. The van der Waals surface area contributed by atoms with Crippen LogP contribution in [0.3, 0.4) is 0 Å². The first kappa shape index (κ1) is 16.2. The van der Waals surface area contributed by atoms with E-state index in [0.29, 0.717) is 35.2 Å². The first-order valence-electron chi connectivity index (χ1n) is 8.71. The number of aromatic nitrogens is 2. The van der Waals surface area contributed by atoms with Crippen LogP contribution in [-0.4, -0.2) is 29.9 Å². The molecule has 1 aromatic heterocycles. The molecule has 2 aliphatic rings. The molecule has 0 saturated heterocycles. The van der Waals surface area contributed by atoms with Crippen molar-refractivity contribution in [3.63, 3.8) is 0 Å². The lowest BCUT2D eigenvalue weighted by Crippen LogP contribution is -2.18. The first-order valence-corrected chi connectivity index (χ1v) is 8.71. The maximum Gasteiger partial charge on any atom is 0.251 e. The van der Waals surface area contributed by atoms with Crippen molar-refractivity contribution in [1.29, 1.82) is 0 Å². The molecule has 5 nitrogen and oxygen atoms in total. The van der Waals surface area contributed by atoms with Gasteiger partial charge in [-0.2, -0.15) is 5.10 Å². The summed E-state index contributed by atoms with van der Waals surface area (Å²) in [5.74, 6) is 2.55. The van der Waals surface area contributed by atoms with Crippen molar-refractivity contribution < 1.29 is 14.3 Å². The molecule has 1 aromatic carbocycles. The van der Waals surface area contributed by atoms with Crippen LogP contribution in [-0.2, 0) is 12.8 Å². The second-order valence-corrected chi connectivity index (χ2v) is 7.73. The van der Waals surface area contributed by atoms with Gasteiger partial charge in [-0.3, -0.25) is 4.79 Å². The SMILES string of the molecule is COc1ccc(CC(=O)n2nc(C)c3c2CC2C3C2(C)C)cc1OC. The standard InChI is InChI=1S/C20H24N2O3/c1-11-18-14(10-13-19(18)20(13,2)3)22(21-11)17(23)9-12-6-7-15(24-4)16(8-12)25-5/h6-8,13,19H,9-10H2,1-5H3. The third-order valence-electron chi connectivity index (χ3n) is 6.02. The molecule has 2 aliphatic carbocycles. The lowest BCUT2D eigenvalue weighted by atomic mass is 9.98. The second kappa shape index (κ2) is 5.35. The van der Waals surface area contributed by atoms with Crippen LogP contribution in [0.4, 0.5) is 0 Å². The number of carbonyl (C=O) groups excluding carboxylic acids is 1. The number of nitrogens with zero attached hydrogens (tertiary/aromatic N) is 2. The van der Waals surface area contributed by atoms with Gasteiger partial charge in [0.2, 0.25) is 0 Å². The van der Waals surface area contributed by atoms with Gasteiger partial charge >= 0.3 is 0 Å². The second-order valence-electron chi connectivity index (χ2n) is 7.73. The lowest BCUT2D eigenvalue weighted by Gasteiger charge is -2.11. The minimum atomic E-state index is 0.00989. The maximum absolute atomic E-state index is 12.9. The molecule has 1 saturated carbocycles. The Balaban J connectivity index is 1.60. The molecule has 0 bridgehead atoms. The van der Waals surface area contributed by atoms with Crippen molar-refractivity contribution in [3.8, 4) is 11.5 Å². The summed E-state index contributed by atoms with van der Waals surface area (Å²) in [6.07, 6.45) is 1.26. The third-order valence-corrected chi connectivity index (χ3v) is 6.02. The topological polar surface area (TPSA) is 53.4 Å². The number of hydrogen-bond acceptors (Lipinski definition) is 4. The van der Waals surface area contributed by atoms with Crippen LogP contribution in [0.25, 0.3) is 0 Å². The molecular formula is C20H24N2O3. The average Bonchev–Trinajstić information content (AvgIpc) is 2.94. The van der Waals surface area contributed by atoms with Crippen LogP contribution in [0.1, 0.15) is 47.1 Å². The first-order chi connectivity index (χ1) is 11.9. The minimum Gasteiger partial charge on any atom is -0.493 e. The van der Waals surface area contributed by atoms with E-state index in [9.17, 15) is 4.79 Å². The highest BCUT2D eigenvalue weighted by atomic mass is 16.5. The van der Waals surface area contributed by atoms with Gasteiger partial charge in [-0.25, -0.2) is 4.68 Å². The number of ether oxygens (including phenoxy) is 2. The lowest BCUT2D eigenvalue weighted by molar-refractivity contribution is 0.0894. The van der Waals surface area contributed by atoms with Crippen LogP contribution in [0.5, 0.6) is 11.5 Å².